The molecule has 0 spiro atoms. The first-order valence-electron chi connectivity index (χ1n) is 7.43. The molecule has 116 valence electrons. The van der Waals surface area contributed by atoms with Gasteiger partial charge in [0.15, 0.2) is 0 Å². The Morgan fingerprint density at radius 2 is 2.33 bits per heavy atom. The molecule has 1 aliphatic heterocycles. The minimum atomic E-state index is -1.23. The van der Waals surface area contributed by atoms with Crippen molar-refractivity contribution in [2.75, 3.05) is 6.54 Å². The van der Waals surface area contributed by atoms with E-state index in [0.717, 1.165) is 6.42 Å². The van der Waals surface area contributed by atoms with Crippen LogP contribution in [0.1, 0.15) is 37.9 Å². The number of alkyl halides is 1. The molecule has 1 aliphatic carbocycles. The summed E-state index contributed by atoms with van der Waals surface area (Å²) in [6, 6.07) is -0.535. The van der Waals surface area contributed by atoms with E-state index in [1.165, 1.54) is 0 Å². The van der Waals surface area contributed by atoms with Gasteiger partial charge in [-0.1, -0.05) is 0 Å². The monoisotopic (exact) mass is 297 g/mol. The van der Waals surface area contributed by atoms with Crippen LogP contribution in [0.3, 0.4) is 0 Å². The molecule has 2 fully saturated rings. The molecule has 2 aliphatic rings. The molecule has 0 aromatic carbocycles. The van der Waals surface area contributed by atoms with E-state index >= 15 is 4.39 Å². The number of nitrogens with one attached hydrogen (secondary N) is 2. The van der Waals surface area contributed by atoms with Crippen LogP contribution in [0.25, 0.3) is 0 Å². The molecule has 1 saturated carbocycles. The fourth-order valence-corrected chi connectivity index (χ4v) is 3.68. The van der Waals surface area contributed by atoms with Gasteiger partial charge in [0.25, 0.3) is 0 Å². The molecule has 0 radical (unpaired) electrons. The first-order valence-corrected chi connectivity index (χ1v) is 7.43. The van der Waals surface area contributed by atoms with Crippen molar-refractivity contribution in [2.45, 2.75) is 50.2 Å². The minimum Gasteiger partial charge on any atom is -0.480 e. The van der Waals surface area contributed by atoms with Crippen LogP contribution in [0.4, 0.5) is 4.39 Å². The van der Waals surface area contributed by atoms with Crippen LogP contribution in [0.5, 0.6) is 0 Å². The number of aryl methyl sites for hydroxylation is 1. The van der Waals surface area contributed by atoms with Gasteiger partial charge in [0, 0.05) is 6.42 Å². The molecule has 3 N–H and O–H groups in total. The number of carboxylic acid groups (broad SMARTS) is 1. The summed E-state index contributed by atoms with van der Waals surface area (Å²) in [6.45, 7) is 0.684. The topological polar surface area (TPSA) is 104 Å². The zero-order chi connectivity index (χ0) is 14.9. The van der Waals surface area contributed by atoms with Gasteiger partial charge in [-0.15, -0.1) is 5.10 Å². The molecule has 3 rings (SSSR count). The number of piperidine rings is 1. The zero-order valence-electron chi connectivity index (χ0n) is 11.8. The second kappa shape index (κ2) is 5.67. The van der Waals surface area contributed by atoms with Crippen LogP contribution in [0.2, 0.25) is 0 Å². The Labute approximate surface area is 121 Å². The highest BCUT2D eigenvalue weighted by molar-refractivity contribution is 5.73. The van der Waals surface area contributed by atoms with Crippen LogP contribution in [0, 0.1) is 11.8 Å². The first kappa shape index (κ1) is 14.4. The van der Waals surface area contributed by atoms with Crippen LogP contribution >= 0.6 is 0 Å². The third kappa shape index (κ3) is 3.20. The third-order valence-corrected chi connectivity index (χ3v) is 4.92. The van der Waals surface area contributed by atoms with Gasteiger partial charge in [-0.25, -0.2) is 9.49 Å². The second-order valence-electron chi connectivity index (χ2n) is 6.30. The standard InChI is InChI=1S/C13H20FN5O2/c14-13(4-2-11-16-18-19-17-11)3-1-8-7-15-10(12(20)21)5-9(8)6-13/h8-10,15H,1-7H2,(H,20,21)(H,16,17,18,19)/t8-,9-,10-,13+/m0/s1. The largest absolute Gasteiger partial charge is 0.480 e. The maximum absolute atomic E-state index is 15.0. The fourth-order valence-electron chi connectivity index (χ4n) is 3.68. The van der Waals surface area contributed by atoms with Crippen molar-refractivity contribution < 1.29 is 14.3 Å². The summed E-state index contributed by atoms with van der Waals surface area (Å²) in [7, 11) is 0. The van der Waals surface area contributed by atoms with Crippen LogP contribution in [-0.2, 0) is 11.2 Å². The van der Waals surface area contributed by atoms with E-state index in [2.05, 4.69) is 25.9 Å². The number of aromatic nitrogens is 4. The molecule has 8 heteroatoms. The van der Waals surface area contributed by atoms with Crippen molar-refractivity contribution in [3.63, 3.8) is 0 Å². The van der Waals surface area contributed by atoms with Crippen molar-refractivity contribution >= 4 is 5.97 Å². The second-order valence-corrected chi connectivity index (χ2v) is 6.30. The number of tetrazole rings is 1. The lowest BCUT2D eigenvalue weighted by Gasteiger charge is -2.44. The van der Waals surface area contributed by atoms with E-state index in [0.29, 0.717) is 50.4 Å². The van der Waals surface area contributed by atoms with Crippen molar-refractivity contribution in [1.29, 1.82) is 0 Å². The summed E-state index contributed by atoms with van der Waals surface area (Å²) in [5.74, 6) is 0.314. The zero-order valence-corrected chi connectivity index (χ0v) is 11.8. The number of fused-ring (bicyclic) bond motifs is 1. The van der Waals surface area contributed by atoms with Gasteiger partial charge in [0.05, 0.1) is 0 Å². The van der Waals surface area contributed by atoms with Gasteiger partial charge < -0.3 is 10.4 Å². The van der Waals surface area contributed by atoms with Gasteiger partial charge in [0.1, 0.15) is 17.5 Å². The van der Waals surface area contributed by atoms with Gasteiger partial charge in [0.2, 0.25) is 0 Å². The quantitative estimate of drug-likeness (QED) is 0.756. The lowest BCUT2D eigenvalue weighted by atomic mass is 9.67. The predicted molar refractivity (Wildman–Crippen MR) is 71.2 cm³/mol. The van der Waals surface area contributed by atoms with Crippen LogP contribution in [-0.4, -0.2) is 50.0 Å². The third-order valence-electron chi connectivity index (χ3n) is 4.92. The molecular weight excluding hydrogens is 277 g/mol. The Morgan fingerprint density at radius 1 is 1.48 bits per heavy atom. The van der Waals surface area contributed by atoms with E-state index < -0.39 is 17.7 Å². The average molecular weight is 297 g/mol. The molecule has 0 unspecified atom stereocenters. The van der Waals surface area contributed by atoms with Gasteiger partial charge in [-0.05, 0) is 60.9 Å². The molecule has 21 heavy (non-hydrogen) atoms. The number of carboxylic acids is 1. The number of hydrogen-bond acceptors (Lipinski definition) is 5. The van der Waals surface area contributed by atoms with Crippen molar-refractivity contribution in [3.05, 3.63) is 5.82 Å². The fraction of sp³-hybridized carbons (Fsp3) is 0.846. The number of hydrogen-bond donors (Lipinski definition) is 3. The lowest BCUT2D eigenvalue weighted by Crippen LogP contribution is -2.51. The molecule has 0 bridgehead atoms. The van der Waals surface area contributed by atoms with Gasteiger partial charge in [-0.2, -0.15) is 0 Å². The Morgan fingerprint density at radius 3 is 3.05 bits per heavy atom. The maximum atomic E-state index is 15.0. The summed E-state index contributed by atoms with van der Waals surface area (Å²) in [5, 5.41) is 25.5. The van der Waals surface area contributed by atoms with Gasteiger partial charge in [-0.3, -0.25) is 4.79 Å². The first-order chi connectivity index (χ1) is 10.1. The lowest BCUT2D eigenvalue weighted by molar-refractivity contribution is -0.141. The highest BCUT2D eigenvalue weighted by atomic mass is 19.1. The number of aliphatic carboxylic acids is 1. The average Bonchev–Trinajstić information content (AvgIpc) is 2.98. The van der Waals surface area contributed by atoms with E-state index in [1.54, 1.807) is 0 Å². The Bertz CT molecular complexity index is 497. The van der Waals surface area contributed by atoms with Crippen LogP contribution in [0.15, 0.2) is 0 Å². The molecule has 1 aromatic rings. The van der Waals surface area contributed by atoms with E-state index in [4.69, 9.17) is 5.11 Å². The number of halogens is 1. The minimum absolute atomic E-state index is 0.152. The number of aromatic amines is 1. The molecule has 4 atom stereocenters. The molecular formula is C13H20FN5O2. The van der Waals surface area contributed by atoms with E-state index in [1.807, 2.05) is 0 Å². The summed E-state index contributed by atoms with van der Waals surface area (Å²) in [6.07, 6.45) is 3.20. The molecule has 1 aromatic heterocycles. The van der Waals surface area contributed by atoms with Crippen molar-refractivity contribution in [3.8, 4) is 0 Å². The molecule has 0 amide bonds. The Hall–Kier alpha value is -1.57. The number of nitrogens with zero attached hydrogens (tertiary/aromatic N) is 3. The van der Waals surface area contributed by atoms with E-state index in [-0.39, 0.29) is 5.92 Å². The summed E-state index contributed by atoms with van der Waals surface area (Å²) >= 11 is 0. The predicted octanol–water partition coefficient (Wildman–Crippen LogP) is 0.703. The highest BCUT2D eigenvalue weighted by Crippen LogP contribution is 2.44. The Kier molecular flexibility index (Phi) is 3.88. The normalized spacial score (nSPS) is 36.1. The van der Waals surface area contributed by atoms with E-state index in [9.17, 15) is 4.79 Å². The smallest absolute Gasteiger partial charge is 0.320 e. The number of rotatable bonds is 4. The van der Waals surface area contributed by atoms with Crippen LogP contribution < -0.4 is 5.32 Å². The summed E-state index contributed by atoms with van der Waals surface area (Å²) < 4.78 is 15.0. The highest BCUT2D eigenvalue weighted by Gasteiger charge is 2.44. The molecule has 2 heterocycles. The Balaban J connectivity index is 1.59. The van der Waals surface area contributed by atoms with Gasteiger partial charge >= 0.3 is 5.97 Å². The number of carbonyl (C=O) groups is 1. The summed E-state index contributed by atoms with van der Waals surface area (Å²) in [5.41, 5.74) is -1.23. The molecule has 7 nitrogen and oxygen atoms in total. The van der Waals surface area contributed by atoms with Crippen molar-refractivity contribution in [1.82, 2.24) is 25.9 Å². The SMILES string of the molecule is O=C(O)[C@@H]1C[C@H]2C[C@](F)(CCc3nnn[nH]3)CC[C@H]2CN1. The summed E-state index contributed by atoms with van der Waals surface area (Å²) in [4.78, 5) is 11.1. The number of H-pyrrole nitrogens is 1. The molecule has 1 saturated heterocycles. The van der Waals surface area contributed by atoms with Crippen molar-refractivity contribution in [2.24, 2.45) is 11.8 Å². The maximum Gasteiger partial charge on any atom is 0.320 e.